The van der Waals surface area contributed by atoms with Crippen molar-refractivity contribution in [3.8, 4) is 5.75 Å². The number of rotatable bonds is 7. The molecule has 1 aromatic carbocycles. The van der Waals surface area contributed by atoms with Crippen molar-refractivity contribution in [2.45, 2.75) is 56.0 Å². The zero-order valence-corrected chi connectivity index (χ0v) is 15.9. The van der Waals surface area contributed by atoms with Gasteiger partial charge in [0.25, 0.3) is 0 Å². The van der Waals surface area contributed by atoms with Gasteiger partial charge in [-0.1, -0.05) is 58.5 Å². The van der Waals surface area contributed by atoms with E-state index in [-0.39, 0.29) is 11.1 Å². The molecule has 0 saturated carbocycles. The Balaban J connectivity index is 3.56. The summed E-state index contributed by atoms with van der Waals surface area (Å²) in [6, 6.07) is 4.24. The van der Waals surface area contributed by atoms with Gasteiger partial charge in [0.15, 0.2) is 0 Å². The van der Waals surface area contributed by atoms with Crippen molar-refractivity contribution in [3.05, 3.63) is 29.3 Å². The molecule has 0 bridgehead atoms. The van der Waals surface area contributed by atoms with Crippen LogP contribution in [-0.2, 0) is 10.1 Å². The average molecular weight is 424 g/mol. The van der Waals surface area contributed by atoms with Gasteiger partial charge in [0, 0.05) is 0 Å². The molecule has 1 rings (SSSR count). The van der Waals surface area contributed by atoms with Gasteiger partial charge < -0.3 is 4.18 Å². The van der Waals surface area contributed by atoms with Crippen molar-refractivity contribution in [2.24, 2.45) is 0 Å². The Labute approximate surface area is 153 Å². The Morgan fingerprint density at radius 3 is 1.62 bits per heavy atom. The lowest BCUT2D eigenvalue weighted by Gasteiger charge is -2.29. The van der Waals surface area contributed by atoms with Gasteiger partial charge in [-0.2, -0.15) is 34.8 Å². The highest BCUT2D eigenvalue weighted by atomic mass is 32.2. The molecule has 0 aromatic heterocycles. The summed E-state index contributed by atoms with van der Waals surface area (Å²) in [6.45, 7) is 6.36. The molecule has 0 radical (unpaired) electrons. The molecule has 26 heavy (non-hydrogen) atoms. The highest BCUT2D eigenvalue weighted by Gasteiger charge is 2.77. The fraction of sp³-hybridized carbons (Fsp3) is 0.600. The minimum Gasteiger partial charge on any atom is -0.377 e. The first-order valence-electron chi connectivity index (χ1n) is 7.40. The summed E-state index contributed by atoms with van der Waals surface area (Å²) in [7, 11) is -6.48. The second-order valence-electron chi connectivity index (χ2n) is 6.24. The number of hydrogen-bond acceptors (Lipinski definition) is 4. The molecule has 0 N–H and O–H groups in total. The Kier molecular flexibility index (Phi) is 6.30. The second-order valence-corrected chi connectivity index (χ2v) is 8.39. The zero-order chi connectivity index (χ0) is 20.7. The van der Waals surface area contributed by atoms with Gasteiger partial charge in [-0.15, -0.1) is 0 Å². The number of hydrogen-bond donors (Lipinski definition) is 1. The molecule has 0 aliphatic carbocycles. The smallest absolute Gasteiger partial charge is 0.377 e. The van der Waals surface area contributed by atoms with Crippen LogP contribution in [0, 0.1) is 0 Å². The Morgan fingerprint density at radius 2 is 1.31 bits per heavy atom. The lowest BCUT2D eigenvalue weighted by atomic mass is 9.94. The maximum Gasteiger partial charge on any atom is 0.450 e. The van der Waals surface area contributed by atoms with Crippen molar-refractivity contribution >= 4 is 22.7 Å². The van der Waals surface area contributed by atoms with E-state index in [2.05, 4.69) is 16.8 Å². The van der Waals surface area contributed by atoms with E-state index in [0.717, 1.165) is 0 Å². The molecule has 0 atom stereocenters. The predicted octanol–water partition coefficient (Wildman–Crippen LogP) is 5.39. The fourth-order valence-corrected chi connectivity index (χ4v) is 3.25. The van der Waals surface area contributed by atoms with E-state index in [9.17, 15) is 34.8 Å². The first-order valence-corrected chi connectivity index (χ1v) is 9.25. The van der Waals surface area contributed by atoms with E-state index in [1.165, 1.54) is 18.2 Å². The maximum absolute atomic E-state index is 13.8. The van der Waals surface area contributed by atoms with E-state index >= 15 is 0 Å². The maximum atomic E-state index is 13.8. The predicted molar refractivity (Wildman–Crippen MR) is 88.0 cm³/mol. The standard InChI is InChI=1S/C15H18F6O3S2/c1-8(2)10-6-5-7-11(9(3)4)12(10)24-26(22,23)15(20,21)13(16,17)14(18,19)25/h5-9,25H,1-4H3. The van der Waals surface area contributed by atoms with Crippen molar-refractivity contribution in [2.75, 3.05) is 0 Å². The van der Waals surface area contributed by atoms with Gasteiger partial charge in [-0.05, 0) is 23.0 Å². The normalized spacial score (nSPS) is 14.2. The van der Waals surface area contributed by atoms with Crippen molar-refractivity contribution < 1.29 is 38.9 Å². The van der Waals surface area contributed by atoms with Crippen molar-refractivity contribution in [1.29, 1.82) is 0 Å². The Bertz CT molecular complexity index is 729. The van der Waals surface area contributed by atoms with E-state index in [4.69, 9.17) is 0 Å². The van der Waals surface area contributed by atoms with E-state index < -0.39 is 44.1 Å². The molecule has 150 valence electrons. The van der Waals surface area contributed by atoms with Crippen LogP contribution in [0.25, 0.3) is 0 Å². The summed E-state index contributed by atoms with van der Waals surface area (Å²) < 4.78 is 108. The lowest BCUT2D eigenvalue weighted by molar-refractivity contribution is -0.241. The number of alkyl halides is 6. The summed E-state index contributed by atoms with van der Waals surface area (Å²) >= 11 is 2.11. The van der Waals surface area contributed by atoms with E-state index in [1.54, 1.807) is 27.7 Å². The molecule has 0 heterocycles. The van der Waals surface area contributed by atoms with Crippen molar-refractivity contribution in [1.82, 2.24) is 0 Å². The second kappa shape index (κ2) is 7.14. The van der Waals surface area contributed by atoms with Crippen LogP contribution < -0.4 is 4.18 Å². The Morgan fingerprint density at radius 1 is 0.923 bits per heavy atom. The van der Waals surface area contributed by atoms with Crippen LogP contribution in [0.2, 0.25) is 0 Å². The third kappa shape index (κ3) is 3.92. The lowest BCUT2D eigenvalue weighted by Crippen LogP contribution is -2.56. The molecule has 0 spiro atoms. The summed E-state index contributed by atoms with van der Waals surface area (Å²) in [6.07, 6.45) is 0. The third-order valence-electron chi connectivity index (χ3n) is 3.57. The largest absolute Gasteiger partial charge is 0.450 e. The molecular weight excluding hydrogens is 406 g/mol. The number of para-hydroxylation sites is 1. The number of thiol groups is 1. The van der Waals surface area contributed by atoms with Gasteiger partial charge in [0.1, 0.15) is 5.75 Å². The first-order chi connectivity index (χ1) is 11.5. The minimum atomic E-state index is -6.48. The molecule has 0 fully saturated rings. The van der Waals surface area contributed by atoms with E-state index in [1.807, 2.05) is 0 Å². The molecule has 0 saturated heterocycles. The highest BCUT2D eigenvalue weighted by Crippen LogP contribution is 2.51. The van der Waals surface area contributed by atoms with Crippen LogP contribution in [0.4, 0.5) is 26.3 Å². The van der Waals surface area contributed by atoms with Gasteiger partial charge in [0.2, 0.25) is 0 Å². The molecule has 0 unspecified atom stereocenters. The Hall–Kier alpha value is -1.10. The van der Waals surface area contributed by atoms with Crippen LogP contribution in [0.3, 0.4) is 0 Å². The van der Waals surface area contributed by atoms with Crippen LogP contribution in [0.1, 0.15) is 50.7 Å². The SMILES string of the molecule is CC(C)c1cccc(C(C)C)c1OS(=O)(=O)C(F)(F)C(F)(F)C(F)(F)S. The van der Waals surface area contributed by atoms with Crippen LogP contribution in [0.15, 0.2) is 18.2 Å². The van der Waals surface area contributed by atoms with Crippen LogP contribution in [0.5, 0.6) is 5.75 Å². The molecule has 0 aliphatic rings. The number of halogens is 6. The minimum absolute atomic E-state index is 0.150. The number of benzene rings is 1. The van der Waals surface area contributed by atoms with Crippen LogP contribution >= 0.6 is 12.6 Å². The van der Waals surface area contributed by atoms with E-state index in [0.29, 0.717) is 0 Å². The topological polar surface area (TPSA) is 43.4 Å². The fourth-order valence-electron chi connectivity index (χ4n) is 2.07. The quantitative estimate of drug-likeness (QED) is 0.363. The summed E-state index contributed by atoms with van der Waals surface area (Å²) in [5, 5.41) is -11.8. The van der Waals surface area contributed by atoms with Gasteiger partial charge >= 0.3 is 26.5 Å². The molecule has 3 nitrogen and oxygen atoms in total. The molecular formula is C15H18F6O3S2. The monoisotopic (exact) mass is 424 g/mol. The summed E-state index contributed by atoms with van der Waals surface area (Å²) in [5.74, 6) is -7.71. The molecule has 0 aliphatic heterocycles. The molecule has 11 heteroatoms. The van der Waals surface area contributed by atoms with Gasteiger partial charge in [-0.3, -0.25) is 0 Å². The van der Waals surface area contributed by atoms with Crippen molar-refractivity contribution in [3.63, 3.8) is 0 Å². The average Bonchev–Trinajstić information content (AvgIpc) is 2.44. The highest BCUT2D eigenvalue weighted by molar-refractivity contribution is 7.88. The van der Waals surface area contributed by atoms with Gasteiger partial charge in [0.05, 0.1) is 0 Å². The van der Waals surface area contributed by atoms with Crippen LogP contribution in [-0.4, -0.2) is 24.8 Å². The molecule has 1 aromatic rings. The summed E-state index contributed by atoms with van der Waals surface area (Å²) in [4.78, 5) is 0. The first kappa shape index (κ1) is 22.9. The zero-order valence-electron chi connectivity index (χ0n) is 14.2. The molecule has 0 amide bonds. The third-order valence-corrected chi connectivity index (χ3v) is 5.12. The van der Waals surface area contributed by atoms with Gasteiger partial charge in [-0.25, -0.2) is 0 Å². The summed E-state index contributed by atoms with van der Waals surface area (Å²) in [5.41, 5.74) is 0.299.